The molecule has 1 unspecified atom stereocenters. The van der Waals surface area contributed by atoms with E-state index < -0.39 is 0 Å². The lowest BCUT2D eigenvalue weighted by Crippen LogP contribution is -2.34. The van der Waals surface area contributed by atoms with Gasteiger partial charge in [-0.1, -0.05) is 153 Å². The number of hydrogen-bond acceptors (Lipinski definition) is 4. The molecule has 1 aliphatic carbocycles. The molecule has 0 bridgehead atoms. The second kappa shape index (κ2) is 21.6. The van der Waals surface area contributed by atoms with Gasteiger partial charge in [0.05, 0.1) is 0 Å². The van der Waals surface area contributed by atoms with E-state index in [4.69, 9.17) is 20.9 Å². The fourth-order valence-corrected chi connectivity index (χ4v) is 8.34. The Morgan fingerprint density at radius 2 is 0.827 bits per heavy atom. The van der Waals surface area contributed by atoms with Crippen molar-refractivity contribution in [2.75, 3.05) is 11.5 Å². The van der Waals surface area contributed by atoms with Crippen molar-refractivity contribution in [2.45, 2.75) is 147 Å². The van der Waals surface area contributed by atoms with Crippen LogP contribution in [0.3, 0.4) is 0 Å². The van der Waals surface area contributed by atoms with Crippen LogP contribution < -0.4 is 20.9 Å². The summed E-state index contributed by atoms with van der Waals surface area (Å²) in [6.07, 6.45) is 28.9. The normalized spacial score (nSPS) is 15.4. The minimum Gasteiger partial charge on any atom is -0.457 e. The molecule has 1 fully saturated rings. The number of rotatable bonds is 23. The van der Waals surface area contributed by atoms with Crippen molar-refractivity contribution in [1.29, 1.82) is 0 Å². The molecule has 4 heteroatoms. The molecule has 52 heavy (non-hydrogen) atoms. The predicted molar refractivity (Wildman–Crippen MR) is 222 cm³/mol. The third-order valence-corrected chi connectivity index (χ3v) is 11.4. The maximum atomic E-state index is 6.18. The van der Waals surface area contributed by atoms with Gasteiger partial charge in [-0.2, -0.15) is 0 Å². The Hall–Kier alpha value is -3.92. The number of hydrogen-bond donors (Lipinski definition) is 2. The van der Waals surface area contributed by atoms with E-state index in [0.29, 0.717) is 0 Å². The lowest BCUT2D eigenvalue weighted by Gasteiger charge is -2.42. The molecule has 280 valence electrons. The molecule has 4 nitrogen and oxygen atoms in total. The largest absolute Gasteiger partial charge is 0.457 e. The van der Waals surface area contributed by atoms with Crippen LogP contribution in [0.15, 0.2) is 97.1 Å². The summed E-state index contributed by atoms with van der Waals surface area (Å²) in [5, 5.41) is 0. The van der Waals surface area contributed by atoms with Crippen molar-refractivity contribution in [2.24, 2.45) is 5.92 Å². The lowest BCUT2D eigenvalue weighted by atomic mass is 9.61. The van der Waals surface area contributed by atoms with Gasteiger partial charge in [0.15, 0.2) is 0 Å². The molecule has 4 N–H and O–H groups in total. The zero-order chi connectivity index (χ0) is 36.3. The molecule has 1 saturated carbocycles. The van der Waals surface area contributed by atoms with Crippen molar-refractivity contribution in [3.05, 3.63) is 108 Å². The van der Waals surface area contributed by atoms with Crippen molar-refractivity contribution in [3.63, 3.8) is 0 Å². The van der Waals surface area contributed by atoms with E-state index in [2.05, 4.69) is 55.5 Å². The zero-order valence-corrected chi connectivity index (χ0v) is 32.1. The first kappa shape index (κ1) is 39.3. The van der Waals surface area contributed by atoms with Crippen LogP contribution >= 0.6 is 0 Å². The van der Waals surface area contributed by atoms with Crippen LogP contribution in [0.1, 0.15) is 153 Å². The van der Waals surface area contributed by atoms with Gasteiger partial charge in [-0.15, -0.1) is 0 Å². The third-order valence-electron chi connectivity index (χ3n) is 11.4. The molecule has 0 saturated heterocycles. The molecule has 0 heterocycles. The Morgan fingerprint density at radius 3 is 1.21 bits per heavy atom. The van der Waals surface area contributed by atoms with Gasteiger partial charge in [0.1, 0.15) is 23.0 Å². The van der Waals surface area contributed by atoms with E-state index in [0.717, 1.165) is 46.7 Å². The maximum absolute atomic E-state index is 6.18. The van der Waals surface area contributed by atoms with Gasteiger partial charge in [0, 0.05) is 16.8 Å². The molecule has 4 aromatic carbocycles. The van der Waals surface area contributed by atoms with Crippen molar-refractivity contribution >= 4 is 11.4 Å². The SMILES string of the molecule is CCCCCCCCCCCCCCCCCCC1CCCC(c2ccc(Oc3ccc(N)cc3)cc2)(c2ccc(Oc3ccc(N)cc3)cc2)C1. The van der Waals surface area contributed by atoms with E-state index in [1.807, 2.05) is 48.5 Å². The third kappa shape index (κ3) is 12.6. The van der Waals surface area contributed by atoms with Crippen LogP contribution in [-0.4, -0.2) is 0 Å². The van der Waals surface area contributed by atoms with Crippen LogP contribution in [0, 0.1) is 5.92 Å². The molecular weight excluding hydrogens is 637 g/mol. The number of ether oxygens (including phenoxy) is 2. The van der Waals surface area contributed by atoms with Crippen LogP contribution in [0.25, 0.3) is 0 Å². The summed E-state index contributed by atoms with van der Waals surface area (Å²) in [5.74, 6) is 4.01. The maximum Gasteiger partial charge on any atom is 0.127 e. The molecule has 4 aromatic rings. The molecule has 1 aliphatic rings. The van der Waals surface area contributed by atoms with Crippen LogP contribution in [0.2, 0.25) is 0 Å². The van der Waals surface area contributed by atoms with E-state index in [-0.39, 0.29) is 5.41 Å². The zero-order valence-electron chi connectivity index (χ0n) is 32.1. The van der Waals surface area contributed by atoms with Gasteiger partial charge in [-0.25, -0.2) is 0 Å². The Morgan fingerprint density at radius 1 is 0.481 bits per heavy atom. The molecule has 0 radical (unpaired) electrons. The summed E-state index contributed by atoms with van der Waals surface area (Å²) in [6.45, 7) is 2.30. The van der Waals surface area contributed by atoms with Crippen LogP contribution in [0.4, 0.5) is 11.4 Å². The standard InChI is InChI=1S/C48H66N2O2/c1-2-3-4-5-6-7-8-9-10-11-12-13-14-15-16-17-19-39-20-18-37-48(38-39,40-21-29-44(30-22-40)51-46-33-25-42(49)26-34-46)41-23-31-45(32-24-41)52-47-35-27-43(50)28-36-47/h21-36,39H,2-20,37-38,49-50H2,1H3. The van der Waals surface area contributed by atoms with E-state index in [1.165, 1.54) is 140 Å². The summed E-state index contributed by atoms with van der Waals surface area (Å²) < 4.78 is 12.4. The summed E-state index contributed by atoms with van der Waals surface area (Å²) in [7, 11) is 0. The quantitative estimate of drug-likeness (QED) is 0.0596. The average molecular weight is 703 g/mol. The molecule has 0 spiro atoms. The minimum absolute atomic E-state index is 0.0303. The lowest BCUT2D eigenvalue weighted by molar-refractivity contribution is 0.240. The van der Waals surface area contributed by atoms with Crippen molar-refractivity contribution < 1.29 is 9.47 Å². The summed E-state index contributed by atoms with van der Waals surface area (Å²) >= 11 is 0. The number of unbranched alkanes of at least 4 members (excludes halogenated alkanes) is 15. The topological polar surface area (TPSA) is 70.5 Å². The molecule has 0 aromatic heterocycles. The number of benzene rings is 4. The first-order valence-electron chi connectivity index (χ1n) is 20.8. The first-order chi connectivity index (χ1) is 25.5. The smallest absolute Gasteiger partial charge is 0.127 e. The highest BCUT2D eigenvalue weighted by Crippen LogP contribution is 2.49. The molecular formula is C48H66N2O2. The molecule has 0 amide bonds. The summed E-state index contributed by atoms with van der Waals surface area (Å²) in [5.41, 5.74) is 16.0. The average Bonchev–Trinajstić information content (AvgIpc) is 3.17. The van der Waals surface area contributed by atoms with Gasteiger partial charge in [0.2, 0.25) is 0 Å². The van der Waals surface area contributed by atoms with Crippen molar-refractivity contribution in [3.8, 4) is 23.0 Å². The summed E-state index contributed by atoms with van der Waals surface area (Å²) in [6, 6.07) is 32.9. The predicted octanol–water partition coefficient (Wildman–Crippen LogP) is 14.6. The van der Waals surface area contributed by atoms with Crippen molar-refractivity contribution in [1.82, 2.24) is 0 Å². The number of nitrogen functional groups attached to an aromatic ring is 2. The fourth-order valence-electron chi connectivity index (χ4n) is 8.34. The second-order valence-corrected chi connectivity index (χ2v) is 15.5. The minimum atomic E-state index is -0.0303. The van der Waals surface area contributed by atoms with E-state index in [1.54, 1.807) is 0 Å². The number of nitrogens with two attached hydrogens (primary N) is 2. The van der Waals surface area contributed by atoms with E-state index in [9.17, 15) is 0 Å². The van der Waals surface area contributed by atoms with Gasteiger partial charge in [-0.05, 0) is 103 Å². The molecule has 1 atom stereocenters. The van der Waals surface area contributed by atoms with Crippen LogP contribution in [0.5, 0.6) is 23.0 Å². The van der Waals surface area contributed by atoms with E-state index >= 15 is 0 Å². The number of anilines is 2. The van der Waals surface area contributed by atoms with Crippen LogP contribution in [-0.2, 0) is 5.41 Å². The monoisotopic (exact) mass is 703 g/mol. The highest BCUT2D eigenvalue weighted by molar-refractivity contribution is 5.47. The second-order valence-electron chi connectivity index (χ2n) is 15.5. The Labute approximate surface area is 315 Å². The van der Waals surface area contributed by atoms with Gasteiger partial charge in [0.25, 0.3) is 0 Å². The van der Waals surface area contributed by atoms with Gasteiger partial charge < -0.3 is 20.9 Å². The van der Waals surface area contributed by atoms with Gasteiger partial charge in [-0.3, -0.25) is 0 Å². The highest BCUT2D eigenvalue weighted by Gasteiger charge is 2.39. The fraction of sp³-hybridized carbons (Fsp3) is 0.500. The Kier molecular flexibility index (Phi) is 16.3. The molecule has 0 aliphatic heterocycles. The Bertz CT molecular complexity index is 1440. The summed E-state index contributed by atoms with van der Waals surface area (Å²) in [4.78, 5) is 0. The molecule has 5 rings (SSSR count). The highest BCUT2D eigenvalue weighted by atomic mass is 16.5. The Balaban J connectivity index is 1.12. The first-order valence-corrected chi connectivity index (χ1v) is 20.8. The van der Waals surface area contributed by atoms with Gasteiger partial charge >= 0.3 is 0 Å².